The number of amides is 1. The third-order valence-electron chi connectivity index (χ3n) is 6.70. The molecule has 1 unspecified atom stereocenters. The number of ether oxygens (including phenoxy) is 3. The van der Waals surface area contributed by atoms with Crippen LogP contribution in [0, 0.1) is 5.92 Å². The van der Waals surface area contributed by atoms with Gasteiger partial charge in [-0.3, -0.25) is 4.79 Å². The van der Waals surface area contributed by atoms with Crippen molar-refractivity contribution in [3.05, 3.63) is 59.3 Å². The van der Waals surface area contributed by atoms with Gasteiger partial charge in [-0.15, -0.1) is 5.10 Å². The molecule has 0 radical (unpaired) electrons. The third-order valence-corrected chi connectivity index (χ3v) is 7.62. The van der Waals surface area contributed by atoms with Crippen molar-refractivity contribution in [3.63, 3.8) is 0 Å². The Hall–Kier alpha value is -3.66. The number of rotatable bonds is 14. The van der Waals surface area contributed by atoms with Crippen LogP contribution in [0.4, 0.5) is 11.6 Å². The minimum absolute atomic E-state index is 0.260. The number of fused-ring (bicyclic) bond motifs is 1. The molecule has 4 rings (SSSR count). The maximum absolute atomic E-state index is 14.0. The van der Waals surface area contributed by atoms with Gasteiger partial charge in [-0.25, -0.2) is 4.68 Å². The van der Waals surface area contributed by atoms with E-state index in [1.54, 1.807) is 23.6 Å². The molecule has 1 atom stereocenters. The highest BCUT2D eigenvalue weighted by atomic mass is 32.2. The monoisotopic (exact) mass is 579 g/mol. The van der Waals surface area contributed by atoms with Gasteiger partial charge in [0, 0.05) is 11.4 Å². The standard InChI is InChI=1S/C31H41N5O4S/c1-7-9-18-41-31-34-30-32-21(5)27(29(37)33-23-12-10-11-13-24(23)39-8-2)28(36(30)35-31)22-14-15-25(26(19-22)38-6)40-17-16-20(3)4/h10-15,19-20,28H,7-9,16-18H2,1-6H3,(H,33,37)(H,32,34,35). The van der Waals surface area contributed by atoms with Crippen LogP contribution in [0.25, 0.3) is 0 Å². The lowest BCUT2D eigenvalue weighted by Crippen LogP contribution is -2.31. The highest BCUT2D eigenvalue weighted by Crippen LogP contribution is 2.40. The van der Waals surface area contributed by atoms with Gasteiger partial charge in [-0.1, -0.05) is 57.2 Å². The maximum Gasteiger partial charge on any atom is 0.255 e. The number of nitrogens with zero attached hydrogens (tertiary/aromatic N) is 3. The van der Waals surface area contributed by atoms with E-state index >= 15 is 0 Å². The van der Waals surface area contributed by atoms with Crippen molar-refractivity contribution >= 4 is 29.3 Å². The summed E-state index contributed by atoms with van der Waals surface area (Å²) in [5.74, 6) is 3.67. The van der Waals surface area contributed by atoms with Crippen LogP contribution in [-0.4, -0.2) is 46.7 Å². The Kier molecular flexibility index (Phi) is 10.6. The lowest BCUT2D eigenvalue weighted by atomic mass is 9.94. The zero-order valence-corrected chi connectivity index (χ0v) is 25.6. The van der Waals surface area contributed by atoms with Crippen LogP contribution >= 0.6 is 11.8 Å². The van der Waals surface area contributed by atoms with Crippen molar-refractivity contribution < 1.29 is 19.0 Å². The van der Waals surface area contributed by atoms with Gasteiger partial charge >= 0.3 is 0 Å². The van der Waals surface area contributed by atoms with Crippen LogP contribution in [0.15, 0.2) is 58.9 Å². The Morgan fingerprint density at radius 1 is 1.12 bits per heavy atom. The van der Waals surface area contributed by atoms with Crippen molar-refractivity contribution in [1.82, 2.24) is 14.8 Å². The maximum atomic E-state index is 14.0. The fraction of sp³-hybridized carbons (Fsp3) is 0.452. The summed E-state index contributed by atoms with van der Waals surface area (Å²) >= 11 is 1.61. The molecule has 1 aliphatic rings. The predicted octanol–water partition coefficient (Wildman–Crippen LogP) is 6.93. The largest absolute Gasteiger partial charge is 0.493 e. The van der Waals surface area contributed by atoms with Gasteiger partial charge in [0.15, 0.2) is 11.5 Å². The molecule has 2 heterocycles. The number of allylic oxidation sites excluding steroid dienone is 1. The summed E-state index contributed by atoms with van der Waals surface area (Å²) in [7, 11) is 1.62. The summed E-state index contributed by atoms with van der Waals surface area (Å²) in [6, 6.07) is 12.7. The Labute approximate surface area is 247 Å². The van der Waals surface area contributed by atoms with E-state index in [9.17, 15) is 4.79 Å². The SMILES string of the molecule is CCCCSc1nc2n(n1)C(c1ccc(OCCC(C)C)c(OC)c1)C(C(=O)Nc1ccccc1OCC)=C(C)N2. The fourth-order valence-corrected chi connectivity index (χ4v) is 5.43. The van der Waals surface area contributed by atoms with Crippen LogP contribution in [0.3, 0.4) is 0 Å². The number of carbonyl (C=O) groups excluding carboxylic acids is 1. The smallest absolute Gasteiger partial charge is 0.255 e. The molecule has 9 nitrogen and oxygen atoms in total. The summed E-state index contributed by atoms with van der Waals surface area (Å²) in [6.45, 7) is 11.4. The van der Waals surface area contributed by atoms with Crippen molar-refractivity contribution in [2.24, 2.45) is 5.92 Å². The predicted molar refractivity (Wildman–Crippen MR) is 164 cm³/mol. The van der Waals surface area contributed by atoms with E-state index in [0.717, 1.165) is 30.6 Å². The molecule has 0 aliphatic carbocycles. The number of aromatic nitrogens is 3. The number of para-hydroxylation sites is 2. The van der Waals surface area contributed by atoms with Crippen molar-refractivity contribution in [2.75, 3.05) is 36.7 Å². The molecule has 2 aromatic carbocycles. The molecule has 1 aliphatic heterocycles. The van der Waals surface area contributed by atoms with Gasteiger partial charge in [0.25, 0.3) is 5.91 Å². The zero-order chi connectivity index (χ0) is 29.4. The number of benzene rings is 2. The highest BCUT2D eigenvalue weighted by molar-refractivity contribution is 7.99. The van der Waals surface area contributed by atoms with E-state index in [4.69, 9.17) is 24.3 Å². The summed E-state index contributed by atoms with van der Waals surface area (Å²) in [5, 5.41) is 11.9. The molecule has 1 amide bonds. The normalized spacial score (nSPS) is 14.5. The molecule has 0 saturated carbocycles. The number of unbranched alkanes of at least 4 members (excludes halogenated alkanes) is 1. The summed E-state index contributed by atoms with van der Waals surface area (Å²) in [5.41, 5.74) is 2.65. The van der Waals surface area contributed by atoms with E-state index < -0.39 is 6.04 Å². The Morgan fingerprint density at radius 3 is 2.66 bits per heavy atom. The molecule has 41 heavy (non-hydrogen) atoms. The van der Waals surface area contributed by atoms with Gasteiger partial charge in [0.05, 0.1) is 31.6 Å². The number of methoxy groups -OCH3 is 1. The lowest BCUT2D eigenvalue weighted by Gasteiger charge is -2.29. The van der Waals surface area contributed by atoms with E-state index in [1.807, 2.05) is 56.3 Å². The van der Waals surface area contributed by atoms with Crippen LogP contribution in [0.1, 0.15) is 65.5 Å². The van der Waals surface area contributed by atoms with Crippen LogP contribution in [0.2, 0.25) is 0 Å². The summed E-state index contributed by atoms with van der Waals surface area (Å²) < 4.78 is 19.3. The van der Waals surface area contributed by atoms with E-state index in [-0.39, 0.29) is 5.91 Å². The second kappa shape index (κ2) is 14.3. The van der Waals surface area contributed by atoms with E-state index in [0.29, 0.717) is 64.4 Å². The Morgan fingerprint density at radius 2 is 1.93 bits per heavy atom. The van der Waals surface area contributed by atoms with Gasteiger partial charge in [0.1, 0.15) is 11.8 Å². The average molecular weight is 580 g/mol. The number of nitrogens with one attached hydrogen (secondary N) is 2. The second-order valence-corrected chi connectivity index (χ2v) is 11.3. The minimum atomic E-state index is -0.544. The van der Waals surface area contributed by atoms with Crippen molar-refractivity contribution in [2.45, 2.75) is 65.1 Å². The van der Waals surface area contributed by atoms with Crippen molar-refractivity contribution in [3.8, 4) is 17.2 Å². The molecule has 220 valence electrons. The molecule has 0 spiro atoms. The van der Waals surface area contributed by atoms with Gasteiger partial charge in [0.2, 0.25) is 11.1 Å². The number of thioether (sulfide) groups is 1. The zero-order valence-electron chi connectivity index (χ0n) is 24.8. The first-order valence-electron chi connectivity index (χ1n) is 14.3. The molecular formula is C31H41N5O4S. The van der Waals surface area contributed by atoms with Gasteiger partial charge in [-0.2, -0.15) is 4.98 Å². The topological polar surface area (TPSA) is 99.5 Å². The summed E-state index contributed by atoms with van der Waals surface area (Å²) in [4.78, 5) is 18.7. The quantitative estimate of drug-likeness (QED) is 0.157. The van der Waals surface area contributed by atoms with Crippen LogP contribution in [-0.2, 0) is 4.79 Å². The first-order chi connectivity index (χ1) is 19.9. The molecule has 3 aromatic rings. The summed E-state index contributed by atoms with van der Waals surface area (Å²) in [6.07, 6.45) is 3.11. The minimum Gasteiger partial charge on any atom is -0.493 e. The van der Waals surface area contributed by atoms with Gasteiger partial charge < -0.3 is 24.8 Å². The average Bonchev–Trinajstić information content (AvgIpc) is 3.35. The molecule has 2 N–H and O–H groups in total. The number of anilines is 2. The number of hydrogen-bond donors (Lipinski definition) is 2. The highest BCUT2D eigenvalue weighted by Gasteiger charge is 2.35. The van der Waals surface area contributed by atoms with Crippen LogP contribution < -0.4 is 24.8 Å². The van der Waals surface area contributed by atoms with Crippen LogP contribution in [0.5, 0.6) is 17.2 Å². The Balaban J connectivity index is 1.73. The number of hydrogen-bond acceptors (Lipinski definition) is 8. The first-order valence-corrected chi connectivity index (χ1v) is 15.3. The molecule has 0 saturated heterocycles. The van der Waals surface area contributed by atoms with E-state index in [1.165, 1.54) is 0 Å². The molecule has 10 heteroatoms. The lowest BCUT2D eigenvalue weighted by molar-refractivity contribution is -0.113. The van der Waals surface area contributed by atoms with Crippen molar-refractivity contribution in [1.29, 1.82) is 0 Å². The Bertz CT molecular complexity index is 1370. The molecule has 0 bridgehead atoms. The van der Waals surface area contributed by atoms with E-state index in [2.05, 4.69) is 31.4 Å². The second-order valence-electron chi connectivity index (χ2n) is 10.3. The van der Waals surface area contributed by atoms with Gasteiger partial charge in [-0.05, 0) is 62.4 Å². The fourth-order valence-electron chi connectivity index (χ4n) is 4.52. The first kappa shape index (κ1) is 30.3. The molecular weight excluding hydrogens is 538 g/mol. The third kappa shape index (κ3) is 7.35. The molecule has 1 aromatic heterocycles. The molecule has 0 fully saturated rings. The number of carbonyl (C=O) groups is 1.